The first-order valence-corrected chi connectivity index (χ1v) is 12.3. The quantitative estimate of drug-likeness (QED) is 0.378. The fourth-order valence-electron chi connectivity index (χ4n) is 4.76. The van der Waals surface area contributed by atoms with E-state index < -0.39 is 10.1 Å². The van der Waals surface area contributed by atoms with Gasteiger partial charge in [0, 0.05) is 5.41 Å². The van der Waals surface area contributed by atoms with E-state index in [1.807, 2.05) is 13.0 Å². The van der Waals surface area contributed by atoms with Crippen molar-refractivity contribution in [3.05, 3.63) is 42.5 Å². The molecule has 0 bridgehead atoms. The maximum Gasteiger partial charge on any atom is 0.296 e. The molecular weight excluding hydrogens is 384 g/mol. The number of allylic oxidation sites excluding steroid dienone is 1. The minimum atomic E-state index is -3.79. The van der Waals surface area contributed by atoms with Gasteiger partial charge in [-0.25, -0.2) is 0 Å². The standard InChI is InChI=1S/C24H38O4S/c1-6-16-24(5)22(14-15-23(24)25)20(9-7-8-18(2)3)17-28-29(26,27)21-12-10-19(4)11-13-21/h6,10-13,18,20,22-23,25H,1,7-9,14-17H2,2-5H3/t20-,22+,23+,24+/m0/s1. The lowest BCUT2D eigenvalue weighted by molar-refractivity contribution is 0.0122. The van der Waals surface area contributed by atoms with Crippen LogP contribution in [0, 0.1) is 30.1 Å². The summed E-state index contributed by atoms with van der Waals surface area (Å²) in [6.45, 7) is 12.5. The summed E-state index contributed by atoms with van der Waals surface area (Å²) in [4.78, 5) is 0.198. The second kappa shape index (κ2) is 10.2. The van der Waals surface area contributed by atoms with Crippen LogP contribution in [0.2, 0.25) is 0 Å². The van der Waals surface area contributed by atoms with Crippen LogP contribution in [0.5, 0.6) is 0 Å². The molecule has 0 spiro atoms. The van der Waals surface area contributed by atoms with E-state index >= 15 is 0 Å². The summed E-state index contributed by atoms with van der Waals surface area (Å²) in [6, 6.07) is 6.76. The summed E-state index contributed by atoms with van der Waals surface area (Å²) in [7, 11) is -3.79. The fourth-order valence-corrected chi connectivity index (χ4v) is 5.71. The summed E-state index contributed by atoms with van der Waals surface area (Å²) in [5, 5.41) is 10.6. The molecule has 0 unspecified atom stereocenters. The molecule has 0 radical (unpaired) electrons. The average molecular weight is 423 g/mol. The molecule has 1 aliphatic carbocycles. The van der Waals surface area contributed by atoms with Gasteiger partial charge < -0.3 is 5.11 Å². The van der Waals surface area contributed by atoms with Crippen LogP contribution < -0.4 is 0 Å². The SMILES string of the molecule is C=CC[C@@]1(C)[C@H](O)CC[C@@H]1[C@@H](CCCC(C)C)COS(=O)(=O)c1ccc(C)cc1. The van der Waals surface area contributed by atoms with E-state index in [4.69, 9.17) is 4.18 Å². The largest absolute Gasteiger partial charge is 0.393 e. The molecule has 0 aromatic heterocycles. The number of hydrogen-bond donors (Lipinski definition) is 1. The van der Waals surface area contributed by atoms with Crippen LogP contribution in [0.1, 0.15) is 64.9 Å². The number of rotatable bonds is 11. The molecule has 1 fully saturated rings. The number of aliphatic hydroxyl groups excluding tert-OH is 1. The molecule has 1 aromatic rings. The number of hydrogen-bond acceptors (Lipinski definition) is 4. The lowest BCUT2D eigenvalue weighted by Crippen LogP contribution is -2.37. The van der Waals surface area contributed by atoms with Crippen molar-refractivity contribution in [3.8, 4) is 0 Å². The first kappa shape index (κ1) is 24.1. The van der Waals surface area contributed by atoms with Gasteiger partial charge in [-0.2, -0.15) is 8.42 Å². The normalized spacial score (nSPS) is 26.0. The summed E-state index contributed by atoms with van der Waals surface area (Å²) in [5.41, 5.74) is 0.733. The Bertz CT molecular complexity index is 754. The van der Waals surface area contributed by atoms with Crippen LogP contribution >= 0.6 is 0 Å². The van der Waals surface area contributed by atoms with Gasteiger partial charge in [0.15, 0.2) is 0 Å². The molecule has 2 rings (SSSR count). The third kappa shape index (κ3) is 6.16. The minimum Gasteiger partial charge on any atom is -0.393 e. The molecule has 0 aliphatic heterocycles. The topological polar surface area (TPSA) is 63.6 Å². The van der Waals surface area contributed by atoms with Gasteiger partial charge in [-0.1, -0.05) is 57.4 Å². The highest BCUT2D eigenvalue weighted by atomic mass is 32.2. The Labute approximate surface area is 177 Å². The molecule has 1 aromatic carbocycles. The Morgan fingerprint density at radius 3 is 2.48 bits per heavy atom. The third-order valence-electron chi connectivity index (χ3n) is 6.62. The molecule has 0 saturated heterocycles. The molecule has 4 atom stereocenters. The van der Waals surface area contributed by atoms with Crippen LogP contribution in [-0.4, -0.2) is 26.2 Å². The predicted octanol–water partition coefficient (Wildman–Crippen LogP) is 5.50. The van der Waals surface area contributed by atoms with E-state index in [0.717, 1.165) is 44.1 Å². The van der Waals surface area contributed by atoms with Crippen molar-refractivity contribution < 1.29 is 17.7 Å². The molecule has 1 saturated carbocycles. The van der Waals surface area contributed by atoms with E-state index in [2.05, 4.69) is 27.4 Å². The van der Waals surface area contributed by atoms with Crippen molar-refractivity contribution in [1.29, 1.82) is 0 Å². The van der Waals surface area contributed by atoms with Crippen LogP contribution in [0.3, 0.4) is 0 Å². The first-order valence-electron chi connectivity index (χ1n) is 10.8. The van der Waals surface area contributed by atoms with Gasteiger partial charge in [0.1, 0.15) is 0 Å². The average Bonchev–Trinajstić information content (AvgIpc) is 2.93. The van der Waals surface area contributed by atoms with Gasteiger partial charge in [-0.3, -0.25) is 4.18 Å². The van der Waals surface area contributed by atoms with Crippen molar-refractivity contribution in [3.63, 3.8) is 0 Å². The van der Waals surface area contributed by atoms with E-state index in [1.54, 1.807) is 24.3 Å². The van der Waals surface area contributed by atoms with Crippen molar-refractivity contribution in [2.45, 2.75) is 77.2 Å². The lowest BCUT2D eigenvalue weighted by Gasteiger charge is -2.38. The molecule has 5 heteroatoms. The molecule has 0 heterocycles. The van der Waals surface area contributed by atoms with Gasteiger partial charge in [0.2, 0.25) is 0 Å². The molecule has 4 nitrogen and oxygen atoms in total. The van der Waals surface area contributed by atoms with E-state index in [0.29, 0.717) is 5.92 Å². The zero-order valence-electron chi connectivity index (χ0n) is 18.4. The number of benzene rings is 1. The van der Waals surface area contributed by atoms with Gasteiger partial charge in [0.05, 0.1) is 17.6 Å². The zero-order valence-corrected chi connectivity index (χ0v) is 19.2. The van der Waals surface area contributed by atoms with E-state index in [1.165, 1.54) is 0 Å². The van der Waals surface area contributed by atoms with Crippen molar-refractivity contribution in [2.75, 3.05) is 6.61 Å². The lowest BCUT2D eigenvalue weighted by atomic mass is 9.69. The second-order valence-corrected chi connectivity index (χ2v) is 11.0. The Balaban J connectivity index is 2.17. The highest BCUT2D eigenvalue weighted by Crippen LogP contribution is 2.50. The van der Waals surface area contributed by atoms with Gasteiger partial charge >= 0.3 is 0 Å². The summed E-state index contributed by atoms with van der Waals surface area (Å²) in [6.07, 6.45) is 6.91. The molecular formula is C24H38O4S. The minimum absolute atomic E-state index is 0.0936. The highest BCUT2D eigenvalue weighted by molar-refractivity contribution is 7.86. The van der Waals surface area contributed by atoms with Gasteiger partial charge in [-0.15, -0.1) is 6.58 Å². The highest BCUT2D eigenvalue weighted by Gasteiger charge is 2.48. The Kier molecular flexibility index (Phi) is 8.50. The molecule has 1 aliphatic rings. The Morgan fingerprint density at radius 1 is 1.24 bits per heavy atom. The Morgan fingerprint density at radius 2 is 1.90 bits per heavy atom. The van der Waals surface area contributed by atoms with Gasteiger partial charge in [0.25, 0.3) is 10.1 Å². The summed E-state index contributed by atoms with van der Waals surface area (Å²) >= 11 is 0. The predicted molar refractivity (Wildman–Crippen MR) is 118 cm³/mol. The van der Waals surface area contributed by atoms with Crippen molar-refractivity contribution >= 4 is 10.1 Å². The molecule has 164 valence electrons. The smallest absolute Gasteiger partial charge is 0.296 e. The fraction of sp³-hybridized carbons (Fsp3) is 0.667. The number of aliphatic hydroxyl groups is 1. The monoisotopic (exact) mass is 422 g/mol. The number of aryl methyl sites for hydroxylation is 1. The van der Waals surface area contributed by atoms with Crippen molar-refractivity contribution in [2.24, 2.45) is 23.2 Å². The van der Waals surface area contributed by atoms with Crippen LogP contribution in [0.15, 0.2) is 41.8 Å². The maximum absolute atomic E-state index is 12.7. The molecule has 1 N–H and O–H groups in total. The second-order valence-electron chi connectivity index (χ2n) is 9.33. The van der Waals surface area contributed by atoms with Gasteiger partial charge in [-0.05, 0) is 62.5 Å². The zero-order chi connectivity index (χ0) is 21.7. The Hall–Kier alpha value is -1.17. The van der Waals surface area contributed by atoms with Crippen LogP contribution in [-0.2, 0) is 14.3 Å². The van der Waals surface area contributed by atoms with Crippen LogP contribution in [0.25, 0.3) is 0 Å². The maximum atomic E-state index is 12.7. The summed E-state index contributed by atoms with van der Waals surface area (Å²) < 4.78 is 31.0. The van der Waals surface area contributed by atoms with Crippen molar-refractivity contribution in [1.82, 2.24) is 0 Å². The third-order valence-corrected chi connectivity index (χ3v) is 7.91. The molecule has 29 heavy (non-hydrogen) atoms. The molecule has 0 amide bonds. The van der Waals surface area contributed by atoms with E-state index in [9.17, 15) is 13.5 Å². The summed E-state index contributed by atoms with van der Waals surface area (Å²) in [5.74, 6) is 0.925. The van der Waals surface area contributed by atoms with E-state index in [-0.39, 0.29) is 34.9 Å². The van der Waals surface area contributed by atoms with Crippen LogP contribution in [0.4, 0.5) is 0 Å². The first-order chi connectivity index (χ1) is 13.6.